The molecule has 1 rings (SSSR count). The minimum absolute atomic E-state index is 0.625. The first-order chi connectivity index (χ1) is 9.17. The fourth-order valence-corrected chi connectivity index (χ4v) is 2.42. The molecular weight excluding hydrogens is 236 g/mol. The van der Waals surface area contributed by atoms with Gasteiger partial charge in [-0.15, -0.1) is 6.58 Å². The maximum absolute atomic E-state index is 11.7. The number of unbranched alkanes of at least 4 members (excludes halogenated alkanes) is 4. The van der Waals surface area contributed by atoms with Crippen LogP contribution in [0.2, 0.25) is 0 Å². The Morgan fingerprint density at radius 1 is 1.21 bits per heavy atom. The van der Waals surface area contributed by atoms with Gasteiger partial charge in [0.15, 0.2) is 0 Å². The maximum atomic E-state index is 11.7. The number of carbonyl (C=O) groups is 1. The monoisotopic (exact) mass is 260 g/mol. The highest BCUT2D eigenvalue weighted by atomic mass is 16.4. The third-order valence-electron chi connectivity index (χ3n) is 3.69. The summed E-state index contributed by atoms with van der Waals surface area (Å²) in [6.07, 6.45) is 7.82. The van der Waals surface area contributed by atoms with Gasteiger partial charge in [0.25, 0.3) is 0 Å². The van der Waals surface area contributed by atoms with Crippen LogP contribution in [-0.4, -0.2) is 11.1 Å². The van der Waals surface area contributed by atoms with Crippen molar-refractivity contribution in [1.82, 2.24) is 0 Å². The van der Waals surface area contributed by atoms with E-state index in [0.717, 1.165) is 18.4 Å². The summed E-state index contributed by atoms with van der Waals surface area (Å²) in [6.45, 7) is 5.94. The molecule has 2 nitrogen and oxygen atoms in total. The third kappa shape index (κ3) is 3.95. The third-order valence-corrected chi connectivity index (χ3v) is 3.69. The van der Waals surface area contributed by atoms with Crippen molar-refractivity contribution in [3.05, 3.63) is 48.6 Å². The van der Waals surface area contributed by atoms with E-state index in [4.69, 9.17) is 0 Å². The predicted molar refractivity (Wildman–Crippen MR) is 79.3 cm³/mol. The lowest BCUT2D eigenvalue weighted by Gasteiger charge is -2.26. The molecule has 0 heterocycles. The van der Waals surface area contributed by atoms with E-state index in [2.05, 4.69) is 13.5 Å². The highest BCUT2D eigenvalue weighted by molar-refractivity contribution is 5.83. The van der Waals surface area contributed by atoms with Crippen molar-refractivity contribution >= 4 is 5.97 Å². The van der Waals surface area contributed by atoms with Gasteiger partial charge in [0.2, 0.25) is 0 Å². The summed E-state index contributed by atoms with van der Waals surface area (Å²) in [5, 5.41) is 9.61. The first-order valence-corrected chi connectivity index (χ1v) is 7.10. The molecule has 19 heavy (non-hydrogen) atoms. The van der Waals surface area contributed by atoms with Crippen LogP contribution in [-0.2, 0) is 10.2 Å². The van der Waals surface area contributed by atoms with E-state index in [1.54, 1.807) is 6.08 Å². The van der Waals surface area contributed by atoms with E-state index >= 15 is 0 Å². The van der Waals surface area contributed by atoms with Crippen LogP contribution < -0.4 is 0 Å². The molecular formula is C17H24O2. The summed E-state index contributed by atoms with van der Waals surface area (Å²) in [4.78, 5) is 11.7. The summed E-state index contributed by atoms with van der Waals surface area (Å²) in [6, 6.07) is 9.42. The molecule has 0 amide bonds. The lowest BCUT2D eigenvalue weighted by Crippen LogP contribution is -2.33. The number of hydrogen-bond acceptors (Lipinski definition) is 1. The molecule has 0 aliphatic heterocycles. The SMILES string of the molecule is C=CC(CCCCCCC)(C(=O)O)c1ccccc1. The molecule has 104 valence electrons. The number of carboxylic acids is 1. The van der Waals surface area contributed by atoms with Gasteiger partial charge < -0.3 is 5.11 Å². The van der Waals surface area contributed by atoms with Gasteiger partial charge in [-0.3, -0.25) is 4.79 Å². The quantitative estimate of drug-likeness (QED) is 0.522. The molecule has 0 aromatic heterocycles. The molecule has 0 bridgehead atoms. The number of carboxylic acid groups (broad SMARTS) is 1. The zero-order valence-corrected chi connectivity index (χ0v) is 11.8. The Kier molecular flexibility index (Phi) is 6.34. The second-order valence-electron chi connectivity index (χ2n) is 5.01. The number of aliphatic carboxylic acids is 1. The van der Waals surface area contributed by atoms with Crippen molar-refractivity contribution in [2.24, 2.45) is 0 Å². The second kappa shape index (κ2) is 7.78. The van der Waals surface area contributed by atoms with Gasteiger partial charge in [-0.25, -0.2) is 0 Å². The molecule has 1 aromatic carbocycles. The molecule has 0 aliphatic rings. The van der Waals surface area contributed by atoms with Crippen molar-refractivity contribution in [3.8, 4) is 0 Å². The minimum Gasteiger partial charge on any atom is -0.480 e. The fourth-order valence-electron chi connectivity index (χ4n) is 2.42. The minimum atomic E-state index is -0.937. The molecule has 0 saturated carbocycles. The van der Waals surface area contributed by atoms with Gasteiger partial charge in [-0.2, -0.15) is 0 Å². The molecule has 0 fully saturated rings. The predicted octanol–water partition coefficient (Wildman–Crippen LogP) is 4.56. The van der Waals surface area contributed by atoms with Crippen molar-refractivity contribution in [2.75, 3.05) is 0 Å². The standard InChI is InChI=1S/C17H24O2/c1-3-5-6-7-11-14-17(4-2,16(18)19)15-12-9-8-10-13-15/h4,8-10,12-13H,2-3,5-7,11,14H2,1H3,(H,18,19). The van der Waals surface area contributed by atoms with E-state index in [1.165, 1.54) is 19.3 Å². The smallest absolute Gasteiger partial charge is 0.318 e. The Balaban J connectivity index is 2.77. The van der Waals surface area contributed by atoms with Crippen LogP contribution >= 0.6 is 0 Å². The molecule has 2 heteroatoms. The highest BCUT2D eigenvalue weighted by Crippen LogP contribution is 2.32. The Bertz CT molecular complexity index is 397. The molecule has 0 spiro atoms. The van der Waals surface area contributed by atoms with Gasteiger partial charge in [-0.05, 0) is 12.0 Å². The molecule has 1 N–H and O–H groups in total. The highest BCUT2D eigenvalue weighted by Gasteiger charge is 2.36. The van der Waals surface area contributed by atoms with Crippen LogP contribution in [0.1, 0.15) is 51.0 Å². The van der Waals surface area contributed by atoms with E-state index < -0.39 is 11.4 Å². The summed E-state index contributed by atoms with van der Waals surface area (Å²) in [7, 11) is 0. The molecule has 0 aliphatic carbocycles. The molecule has 0 saturated heterocycles. The number of hydrogen-bond donors (Lipinski definition) is 1. The largest absolute Gasteiger partial charge is 0.480 e. The van der Waals surface area contributed by atoms with Gasteiger partial charge in [0.05, 0.1) is 0 Å². The molecule has 1 unspecified atom stereocenters. The van der Waals surface area contributed by atoms with Crippen LogP contribution in [0.15, 0.2) is 43.0 Å². The van der Waals surface area contributed by atoms with E-state index in [9.17, 15) is 9.90 Å². The Labute approximate surface area is 116 Å². The summed E-state index contributed by atoms with van der Waals surface area (Å²) >= 11 is 0. The van der Waals surface area contributed by atoms with Crippen molar-refractivity contribution < 1.29 is 9.90 Å². The lowest BCUT2D eigenvalue weighted by atomic mass is 9.76. The van der Waals surface area contributed by atoms with Gasteiger partial charge in [0, 0.05) is 0 Å². The van der Waals surface area contributed by atoms with E-state index in [1.807, 2.05) is 30.3 Å². The second-order valence-corrected chi connectivity index (χ2v) is 5.01. The molecule has 1 aromatic rings. The van der Waals surface area contributed by atoms with E-state index in [0.29, 0.717) is 6.42 Å². The van der Waals surface area contributed by atoms with Crippen LogP contribution in [0.5, 0.6) is 0 Å². The Morgan fingerprint density at radius 2 is 1.84 bits per heavy atom. The van der Waals surface area contributed by atoms with Crippen LogP contribution in [0, 0.1) is 0 Å². The summed E-state index contributed by atoms with van der Waals surface area (Å²) in [5.74, 6) is -0.802. The Morgan fingerprint density at radius 3 is 2.37 bits per heavy atom. The number of benzene rings is 1. The average Bonchev–Trinajstić information content (AvgIpc) is 2.44. The van der Waals surface area contributed by atoms with Gasteiger partial charge >= 0.3 is 5.97 Å². The van der Waals surface area contributed by atoms with Crippen molar-refractivity contribution in [1.29, 1.82) is 0 Å². The zero-order chi connectivity index (χ0) is 14.1. The normalized spacial score (nSPS) is 13.7. The maximum Gasteiger partial charge on any atom is 0.318 e. The number of rotatable bonds is 9. The van der Waals surface area contributed by atoms with Crippen molar-refractivity contribution in [2.45, 2.75) is 50.9 Å². The summed E-state index contributed by atoms with van der Waals surface area (Å²) < 4.78 is 0. The van der Waals surface area contributed by atoms with Gasteiger partial charge in [-0.1, -0.05) is 75.4 Å². The van der Waals surface area contributed by atoms with Crippen LogP contribution in [0.3, 0.4) is 0 Å². The first-order valence-electron chi connectivity index (χ1n) is 7.10. The zero-order valence-electron chi connectivity index (χ0n) is 11.8. The summed E-state index contributed by atoms with van der Waals surface area (Å²) in [5.41, 5.74) is -0.110. The van der Waals surface area contributed by atoms with Gasteiger partial charge in [0.1, 0.15) is 5.41 Å². The topological polar surface area (TPSA) is 37.3 Å². The van der Waals surface area contributed by atoms with Crippen LogP contribution in [0.25, 0.3) is 0 Å². The average molecular weight is 260 g/mol. The first kappa shape index (κ1) is 15.5. The molecule has 1 atom stereocenters. The lowest BCUT2D eigenvalue weighted by molar-refractivity contribution is -0.142. The Hall–Kier alpha value is -1.57. The van der Waals surface area contributed by atoms with E-state index in [-0.39, 0.29) is 0 Å². The van der Waals surface area contributed by atoms with Crippen LogP contribution in [0.4, 0.5) is 0 Å². The van der Waals surface area contributed by atoms with Crippen molar-refractivity contribution in [3.63, 3.8) is 0 Å². The molecule has 0 radical (unpaired) electrons. The fraction of sp³-hybridized carbons (Fsp3) is 0.471.